The minimum atomic E-state index is -0.287. The number of halogens is 1. The van der Waals surface area contributed by atoms with Crippen LogP contribution >= 0.6 is 11.8 Å². The zero-order valence-corrected chi connectivity index (χ0v) is 17.6. The Labute approximate surface area is 172 Å². The topological polar surface area (TPSA) is 29.5 Å². The Bertz CT molecular complexity index is 693. The number of allylic oxidation sites excluding steroid dienone is 1. The van der Waals surface area contributed by atoms with Crippen LogP contribution in [0.1, 0.15) is 37.8 Å². The summed E-state index contributed by atoms with van der Waals surface area (Å²) in [5.74, 6) is -0.287. The highest BCUT2D eigenvalue weighted by Crippen LogP contribution is 2.35. The number of hydrogen-bond donors (Lipinski definition) is 0. The molecule has 5 heteroatoms. The fraction of sp³-hybridized carbons (Fsp3) is 0.435. The monoisotopic (exact) mass is 403 g/mol. The number of carbonyl (C=O) groups is 1. The summed E-state index contributed by atoms with van der Waals surface area (Å²) >= 11 is 1.92. The van der Waals surface area contributed by atoms with Gasteiger partial charge in [0, 0.05) is 11.8 Å². The highest BCUT2D eigenvalue weighted by Gasteiger charge is 2.27. The molecule has 1 amide bonds. The lowest BCUT2D eigenvalue weighted by Gasteiger charge is -2.35. The molecule has 3 nitrogen and oxygen atoms in total. The molecule has 3 atom stereocenters. The first-order chi connectivity index (χ1) is 13.5. The van der Waals surface area contributed by atoms with Crippen LogP contribution in [0.25, 0.3) is 0 Å². The molecule has 0 bridgehead atoms. The molecular weight excluding hydrogens is 373 g/mol. The van der Waals surface area contributed by atoms with Crippen LogP contribution in [0.3, 0.4) is 0 Å². The van der Waals surface area contributed by atoms with Crippen molar-refractivity contribution in [2.75, 3.05) is 19.4 Å². The van der Waals surface area contributed by atoms with Gasteiger partial charge in [-0.2, -0.15) is 11.8 Å². The number of thioether (sulfide) groups is 1. The van der Waals surface area contributed by atoms with Crippen LogP contribution < -0.4 is 0 Å². The van der Waals surface area contributed by atoms with Gasteiger partial charge < -0.3 is 9.64 Å². The van der Waals surface area contributed by atoms with Gasteiger partial charge in [0.05, 0.1) is 18.8 Å². The molecule has 1 saturated heterocycles. The second kappa shape index (κ2) is 11.2. The summed E-state index contributed by atoms with van der Waals surface area (Å²) in [6.07, 6.45) is 10.4. The van der Waals surface area contributed by atoms with Crippen molar-refractivity contribution >= 4 is 18.2 Å². The second-order valence-corrected chi connectivity index (χ2v) is 8.15. The molecule has 28 heavy (non-hydrogen) atoms. The standard InChI is InChI=1S/C16H16FNO.C7H14OS/c1-3-12-9-10-18(11-19)16(15(12)4-2)13-5-7-14(17)8-6-13;1-6-3-4-7(9-2)5-8-6/h3-8,11,16H,1-2,9-10H2;6-7H,3-5H2,1-2H3/t16-;6-,7-/m00/s1. The molecule has 1 fully saturated rings. The predicted octanol–water partition coefficient (Wildman–Crippen LogP) is 5.31. The van der Waals surface area contributed by atoms with E-state index in [4.69, 9.17) is 4.74 Å². The number of nitrogens with zero attached hydrogens (tertiary/aromatic N) is 1. The molecule has 0 unspecified atom stereocenters. The summed E-state index contributed by atoms with van der Waals surface area (Å²) in [4.78, 5) is 12.9. The molecule has 1 aromatic carbocycles. The fourth-order valence-corrected chi connectivity index (χ4v) is 4.10. The van der Waals surface area contributed by atoms with Gasteiger partial charge in [0.1, 0.15) is 5.82 Å². The molecule has 0 aliphatic carbocycles. The van der Waals surface area contributed by atoms with Crippen LogP contribution in [0.4, 0.5) is 4.39 Å². The van der Waals surface area contributed by atoms with E-state index in [0.717, 1.165) is 41.4 Å². The number of carbonyl (C=O) groups excluding carboxylic acids is 1. The summed E-state index contributed by atoms with van der Waals surface area (Å²) in [5, 5.41) is 0.765. The lowest BCUT2D eigenvalue weighted by molar-refractivity contribution is -0.119. The molecular formula is C23H30FNO2S. The maximum absolute atomic E-state index is 13.0. The molecule has 0 aromatic heterocycles. The van der Waals surface area contributed by atoms with Gasteiger partial charge in [0.2, 0.25) is 6.41 Å². The number of amides is 1. The Kier molecular flexibility index (Phi) is 9.00. The maximum Gasteiger partial charge on any atom is 0.210 e. The third-order valence-electron chi connectivity index (χ3n) is 5.22. The number of hydrogen-bond acceptors (Lipinski definition) is 3. The van der Waals surface area contributed by atoms with Gasteiger partial charge in [-0.1, -0.05) is 37.4 Å². The smallest absolute Gasteiger partial charge is 0.210 e. The van der Waals surface area contributed by atoms with Crippen molar-refractivity contribution in [2.45, 2.75) is 43.6 Å². The maximum atomic E-state index is 13.0. The largest absolute Gasteiger partial charge is 0.377 e. The Morgan fingerprint density at radius 3 is 2.43 bits per heavy atom. The average Bonchev–Trinajstić information content (AvgIpc) is 2.74. The van der Waals surface area contributed by atoms with Gasteiger partial charge in [-0.3, -0.25) is 4.79 Å². The molecule has 2 aliphatic heterocycles. The number of rotatable bonds is 5. The normalized spacial score (nSPS) is 24.8. The molecule has 0 radical (unpaired) electrons. The lowest BCUT2D eigenvalue weighted by atomic mass is 9.88. The first kappa shape index (κ1) is 22.4. The Balaban J connectivity index is 0.000000261. The van der Waals surface area contributed by atoms with Crippen molar-refractivity contribution in [1.82, 2.24) is 4.90 Å². The summed E-state index contributed by atoms with van der Waals surface area (Å²) in [6, 6.07) is 6.00. The Hall–Kier alpha value is -1.85. The zero-order valence-electron chi connectivity index (χ0n) is 16.8. The SMILES string of the molecule is C=CC1=C(C=C)[C@H](c2ccc(F)cc2)N(C=O)CC1.CS[C@H]1CC[C@H](C)OC1. The van der Waals surface area contributed by atoms with Crippen LogP contribution in [0.5, 0.6) is 0 Å². The van der Waals surface area contributed by atoms with Crippen molar-refractivity contribution in [3.05, 3.63) is 72.1 Å². The average molecular weight is 404 g/mol. The summed E-state index contributed by atoms with van der Waals surface area (Å²) in [5.41, 5.74) is 2.92. The van der Waals surface area contributed by atoms with E-state index in [1.807, 2.05) is 11.8 Å². The number of benzene rings is 1. The summed E-state index contributed by atoms with van der Waals surface area (Å²) in [6.45, 7) is 11.4. The molecule has 152 valence electrons. The minimum absolute atomic E-state index is 0.211. The first-order valence-corrected chi connectivity index (χ1v) is 10.9. The lowest BCUT2D eigenvalue weighted by Crippen LogP contribution is -2.33. The van der Waals surface area contributed by atoms with Gasteiger partial charge in [-0.15, -0.1) is 0 Å². The van der Waals surface area contributed by atoms with Crippen molar-refractivity contribution in [1.29, 1.82) is 0 Å². The van der Waals surface area contributed by atoms with Gasteiger partial charge >= 0.3 is 0 Å². The predicted molar refractivity (Wildman–Crippen MR) is 116 cm³/mol. The van der Waals surface area contributed by atoms with E-state index in [1.165, 1.54) is 25.0 Å². The third kappa shape index (κ3) is 5.82. The van der Waals surface area contributed by atoms with Crippen molar-refractivity contribution in [3.8, 4) is 0 Å². The molecule has 0 N–H and O–H groups in total. The van der Waals surface area contributed by atoms with E-state index in [1.54, 1.807) is 29.2 Å². The minimum Gasteiger partial charge on any atom is -0.377 e. The van der Waals surface area contributed by atoms with Crippen LogP contribution in [0.15, 0.2) is 60.7 Å². The summed E-state index contributed by atoms with van der Waals surface area (Å²) in [7, 11) is 0. The van der Waals surface area contributed by atoms with Crippen LogP contribution in [-0.4, -0.2) is 42.1 Å². The van der Waals surface area contributed by atoms with E-state index in [9.17, 15) is 9.18 Å². The van der Waals surface area contributed by atoms with Crippen LogP contribution in [0.2, 0.25) is 0 Å². The van der Waals surface area contributed by atoms with Gasteiger partial charge in [-0.25, -0.2) is 4.39 Å². The molecule has 2 heterocycles. The number of ether oxygens (including phenoxy) is 1. The highest BCUT2D eigenvalue weighted by molar-refractivity contribution is 7.99. The van der Waals surface area contributed by atoms with E-state index in [-0.39, 0.29) is 11.9 Å². The zero-order chi connectivity index (χ0) is 20.5. The Morgan fingerprint density at radius 1 is 1.21 bits per heavy atom. The summed E-state index contributed by atoms with van der Waals surface area (Å²) < 4.78 is 18.5. The van der Waals surface area contributed by atoms with E-state index < -0.39 is 0 Å². The van der Waals surface area contributed by atoms with Crippen LogP contribution in [0, 0.1) is 5.82 Å². The van der Waals surface area contributed by atoms with Gasteiger partial charge in [0.15, 0.2) is 0 Å². The van der Waals surface area contributed by atoms with Crippen molar-refractivity contribution in [3.63, 3.8) is 0 Å². The Morgan fingerprint density at radius 2 is 1.93 bits per heavy atom. The van der Waals surface area contributed by atoms with Gasteiger partial charge in [-0.05, 0) is 61.3 Å². The quantitative estimate of drug-likeness (QED) is 0.624. The second-order valence-electron chi connectivity index (χ2n) is 7.02. The van der Waals surface area contributed by atoms with E-state index in [2.05, 4.69) is 26.3 Å². The fourth-order valence-electron chi connectivity index (χ4n) is 3.51. The molecule has 3 rings (SSSR count). The third-order valence-corrected chi connectivity index (χ3v) is 6.26. The van der Waals surface area contributed by atoms with Crippen molar-refractivity contribution in [2.24, 2.45) is 0 Å². The van der Waals surface area contributed by atoms with Gasteiger partial charge in [0.25, 0.3) is 0 Å². The molecule has 0 spiro atoms. The molecule has 0 saturated carbocycles. The van der Waals surface area contributed by atoms with E-state index in [0.29, 0.717) is 12.6 Å². The van der Waals surface area contributed by atoms with Crippen LogP contribution in [-0.2, 0) is 9.53 Å². The van der Waals surface area contributed by atoms with E-state index >= 15 is 0 Å². The van der Waals surface area contributed by atoms with Crippen molar-refractivity contribution < 1.29 is 13.9 Å². The molecule has 1 aromatic rings. The molecule has 2 aliphatic rings. The first-order valence-electron chi connectivity index (χ1n) is 9.62. The highest BCUT2D eigenvalue weighted by atomic mass is 32.2.